The normalized spacial score (nSPS) is 11.5. The first kappa shape index (κ1) is 9.68. The average Bonchev–Trinajstić information content (AvgIpc) is 1.84. The number of rotatable bonds is 4. The zero-order valence-corrected chi connectivity index (χ0v) is 6.25. The molecule has 0 bridgehead atoms. The number of halogens is 2. The Morgan fingerprint density at radius 3 is 2.50 bits per heavy atom. The molecular formula is C5H8F2O2S. The first-order valence-corrected chi connectivity index (χ1v) is 3.74. The second-order valence-electron chi connectivity index (χ2n) is 1.67. The Hall–Kier alpha value is -0.320. The highest BCUT2D eigenvalue weighted by Gasteiger charge is 2.38. The van der Waals surface area contributed by atoms with E-state index >= 15 is 0 Å². The molecular weight excluding hydrogens is 162 g/mol. The fraction of sp³-hybridized carbons (Fsp3) is 0.800. The van der Waals surface area contributed by atoms with Gasteiger partial charge in [0.2, 0.25) is 0 Å². The Balaban J connectivity index is 3.75. The molecule has 0 saturated heterocycles. The zero-order chi connectivity index (χ0) is 8.20. The van der Waals surface area contributed by atoms with Crippen LogP contribution in [0.2, 0.25) is 0 Å². The summed E-state index contributed by atoms with van der Waals surface area (Å²) in [5, 5.41) is 4.28. The molecule has 0 radical (unpaired) electrons. The summed E-state index contributed by atoms with van der Waals surface area (Å²) in [4.78, 5) is 9.76. The Labute approximate surface area is 61.6 Å². The minimum Gasteiger partial charge on any atom is -0.476 e. The zero-order valence-electron chi connectivity index (χ0n) is 5.43. The van der Waals surface area contributed by atoms with Crippen molar-refractivity contribution in [2.75, 3.05) is 5.75 Å². The number of carbonyl (C=O) groups is 1. The lowest BCUT2D eigenvalue weighted by Crippen LogP contribution is -2.24. The van der Waals surface area contributed by atoms with E-state index in [4.69, 9.17) is 5.11 Å². The molecule has 0 aliphatic heterocycles. The maximum atomic E-state index is 12.1. The Morgan fingerprint density at radius 2 is 2.20 bits per heavy atom. The van der Waals surface area contributed by atoms with Gasteiger partial charge in [0.05, 0.1) is 0 Å². The van der Waals surface area contributed by atoms with Crippen LogP contribution in [0.3, 0.4) is 0 Å². The lowest BCUT2D eigenvalue weighted by Gasteiger charge is -2.08. The third-order valence-electron chi connectivity index (χ3n) is 0.736. The Bertz CT molecular complexity index is 127. The summed E-state index contributed by atoms with van der Waals surface area (Å²) in [7, 11) is 0. The van der Waals surface area contributed by atoms with Crippen LogP contribution in [0.5, 0.6) is 0 Å². The second kappa shape index (κ2) is 3.75. The van der Waals surface area contributed by atoms with E-state index in [9.17, 15) is 13.6 Å². The van der Waals surface area contributed by atoms with Crippen molar-refractivity contribution >= 4 is 17.7 Å². The van der Waals surface area contributed by atoms with Crippen LogP contribution in [0, 0.1) is 0 Å². The van der Waals surface area contributed by atoms with Crippen LogP contribution in [0.4, 0.5) is 8.78 Å². The molecule has 0 saturated carbocycles. The summed E-state index contributed by atoms with van der Waals surface area (Å²) in [6.45, 7) is 1.71. The van der Waals surface area contributed by atoms with Crippen LogP contribution in [-0.4, -0.2) is 22.1 Å². The molecule has 0 atom stereocenters. The van der Waals surface area contributed by atoms with E-state index in [2.05, 4.69) is 0 Å². The molecule has 1 N–H and O–H groups in total. The number of hydrogen-bond acceptors (Lipinski definition) is 2. The quantitative estimate of drug-likeness (QED) is 0.699. The number of carboxylic acids is 1. The van der Waals surface area contributed by atoms with E-state index in [1.807, 2.05) is 0 Å². The monoisotopic (exact) mass is 170 g/mol. The molecule has 5 heteroatoms. The maximum Gasteiger partial charge on any atom is 0.388 e. The molecule has 0 rings (SSSR count). The number of thioether (sulfide) groups is 1. The molecule has 0 spiro atoms. The van der Waals surface area contributed by atoms with Crippen molar-refractivity contribution in [3.63, 3.8) is 0 Å². The van der Waals surface area contributed by atoms with E-state index in [0.29, 0.717) is 6.42 Å². The molecule has 2 nitrogen and oxygen atoms in total. The molecule has 10 heavy (non-hydrogen) atoms. The highest BCUT2D eigenvalue weighted by atomic mass is 32.2. The highest BCUT2D eigenvalue weighted by molar-refractivity contribution is 8.01. The smallest absolute Gasteiger partial charge is 0.388 e. The third kappa shape index (κ3) is 3.00. The minimum absolute atomic E-state index is 0.154. The number of carboxylic acid groups (broad SMARTS) is 1. The predicted octanol–water partition coefficient (Wildman–Crippen LogP) is 1.81. The van der Waals surface area contributed by atoms with Gasteiger partial charge in [-0.05, 0) is 12.2 Å². The summed E-state index contributed by atoms with van der Waals surface area (Å²) in [6, 6.07) is 0. The lowest BCUT2D eigenvalue weighted by atomic mass is 10.6. The Morgan fingerprint density at radius 1 is 1.70 bits per heavy atom. The average molecular weight is 170 g/mol. The third-order valence-corrected chi connectivity index (χ3v) is 1.89. The van der Waals surface area contributed by atoms with Gasteiger partial charge in [-0.15, -0.1) is 0 Å². The van der Waals surface area contributed by atoms with Crippen molar-refractivity contribution in [1.29, 1.82) is 0 Å². The largest absolute Gasteiger partial charge is 0.476 e. The second-order valence-corrected chi connectivity index (χ2v) is 2.88. The highest BCUT2D eigenvalue weighted by Crippen LogP contribution is 2.29. The topological polar surface area (TPSA) is 37.3 Å². The molecule has 0 aliphatic carbocycles. The van der Waals surface area contributed by atoms with Crippen molar-refractivity contribution in [2.24, 2.45) is 0 Å². The first-order chi connectivity index (χ1) is 4.50. The van der Waals surface area contributed by atoms with Crippen LogP contribution >= 0.6 is 11.8 Å². The van der Waals surface area contributed by atoms with Crippen LogP contribution in [0.25, 0.3) is 0 Å². The van der Waals surface area contributed by atoms with Crippen LogP contribution in [0.15, 0.2) is 0 Å². The van der Waals surface area contributed by atoms with Crippen LogP contribution < -0.4 is 0 Å². The number of aliphatic carboxylic acids is 1. The standard InChI is InChI=1S/C5H8F2O2S/c1-2-3-10-5(6,7)4(8)9/h2-3H2,1H3,(H,8,9). The molecule has 0 fully saturated rings. The van der Waals surface area contributed by atoms with E-state index in [1.165, 1.54) is 0 Å². The fourth-order valence-corrected chi connectivity index (χ4v) is 0.876. The molecule has 0 aromatic carbocycles. The molecule has 0 unspecified atom stereocenters. The molecule has 0 aromatic rings. The van der Waals surface area contributed by atoms with Gasteiger partial charge in [-0.3, -0.25) is 0 Å². The SMILES string of the molecule is CCCSC(F)(F)C(=O)O. The van der Waals surface area contributed by atoms with Crippen molar-refractivity contribution in [1.82, 2.24) is 0 Å². The van der Waals surface area contributed by atoms with Crippen LogP contribution in [-0.2, 0) is 4.79 Å². The van der Waals surface area contributed by atoms with Gasteiger partial charge in [-0.25, -0.2) is 4.79 Å². The molecule has 0 aromatic heterocycles. The summed E-state index contributed by atoms with van der Waals surface area (Å²) in [5.74, 6) is -1.90. The molecule has 0 amide bonds. The summed E-state index contributed by atoms with van der Waals surface area (Å²) < 4.78 is 24.2. The maximum absolute atomic E-state index is 12.1. The van der Waals surface area contributed by atoms with Gasteiger partial charge < -0.3 is 5.11 Å². The predicted molar refractivity (Wildman–Crippen MR) is 35.3 cm³/mol. The van der Waals surface area contributed by atoms with E-state index in [-0.39, 0.29) is 17.5 Å². The van der Waals surface area contributed by atoms with Gasteiger partial charge >= 0.3 is 11.2 Å². The van der Waals surface area contributed by atoms with E-state index < -0.39 is 11.2 Å². The van der Waals surface area contributed by atoms with Gasteiger partial charge in [-0.2, -0.15) is 8.78 Å². The van der Waals surface area contributed by atoms with Crippen LogP contribution in [0.1, 0.15) is 13.3 Å². The van der Waals surface area contributed by atoms with Gasteiger partial charge in [0.25, 0.3) is 0 Å². The van der Waals surface area contributed by atoms with Crippen molar-refractivity contribution in [3.05, 3.63) is 0 Å². The number of alkyl halides is 2. The molecule has 0 heterocycles. The summed E-state index contributed by atoms with van der Waals surface area (Å²) >= 11 is 0.154. The number of hydrogen-bond donors (Lipinski definition) is 1. The van der Waals surface area contributed by atoms with Gasteiger partial charge in [0, 0.05) is 0 Å². The molecule has 60 valence electrons. The minimum atomic E-state index is -3.62. The summed E-state index contributed by atoms with van der Waals surface area (Å²) in [5.41, 5.74) is 0. The lowest BCUT2D eigenvalue weighted by molar-refractivity contribution is -0.152. The van der Waals surface area contributed by atoms with Crippen molar-refractivity contribution < 1.29 is 18.7 Å². The van der Waals surface area contributed by atoms with Gasteiger partial charge in [0.1, 0.15) is 0 Å². The van der Waals surface area contributed by atoms with Crippen molar-refractivity contribution in [2.45, 2.75) is 18.6 Å². The van der Waals surface area contributed by atoms with Crippen molar-refractivity contribution in [3.8, 4) is 0 Å². The van der Waals surface area contributed by atoms with E-state index in [0.717, 1.165) is 0 Å². The van der Waals surface area contributed by atoms with E-state index in [1.54, 1.807) is 6.92 Å². The molecule has 0 aliphatic rings. The van der Waals surface area contributed by atoms with Gasteiger partial charge in [0.15, 0.2) is 0 Å². The van der Waals surface area contributed by atoms with Gasteiger partial charge in [-0.1, -0.05) is 18.7 Å². The summed E-state index contributed by atoms with van der Waals surface area (Å²) in [6.07, 6.45) is 0.549. The first-order valence-electron chi connectivity index (χ1n) is 2.76. The fourth-order valence-electron chi connectivity index (χ4n) is 0.292. The Kier molecular flexibility index (Phi) is 3.63.